The van der Waals surface area contributed by atoms with Crippen LogP contribution in [-0.2, 0) is 107 Å². The van der Waals surface area contributed by atoms with Crippen LogP contribution in [0.25, 0.3) is 17.4 Å². The van der Waals surface area contributed by atoms with Crippen molar-refractivity contribution in [1.29, 1.82) is 0 Å². The number of methoxy groups -OCH3 is 2. The smallest absolute Gasteiger partial charge is 0.333 e. The first kappa shape index (κ1) is 75.6. The molecule has 2 N–H and O–H groups in total. The quantitative estimate of drug-likeness (QED) is 0.0329. The van der Waals surface area contributed by atoms with Crippen molar-refractivity contribution in [1.82, 2.24) is 9.64 Å². The molecule has 90 heavy (non-hydrogen) atoms. The molecule has 3 heterocycles. The van der Waals surface area contributed by atoms with E-state index in [1.54, 1.807) is 14.2 Å². The van der Waals surface area contributed by atoms with Gasteiger partial charge in [0.2, 0.25) is 5.36 Å². The van der Waals surface area contributed by atoms with Gasteiger partial charge in [0, 0.05) is 73.9 Å². The van der Waals surface area contributed by atoms with Crippen LogP contribution in [0, 0.1) is 0 Å². The molecular formula is C62H94N3O23S2+. The van der Waals surface area contributed by atoms with Gasteiger partial charge >= 0.3 is 5.97 Å². The van der Waals surface area contributed by atoms with Crippen molar-refractivity contribution in [2.24, 2.45) is 0 Å². The summed E-state index contributed by atoms with van der Waals surface area (Å²) in [5, 5.41) is 1.32. The van der Waals surface area contributed by atoms with E-state index in [2.05, 4.69) is 4.58 Å². The van der Waals surface area contributed by atoms with E-state index in [0.717, 1.165) is 16.5 Å². The molecule has 1 atom stereocenters. The second-order valence-corrected chi connectivity index (χ2v) is 25.2. The standard InChI is InChI=1S/C62H93N3O23S2/c1-61(2,3)57-46-49(10-7-11-56-62(4,19-8-12-60(68)88-65-58(66)17-18-59(65)67)53-48-51(90(72,73)74)14-16-54(53)64(56)20-9-45-89(69,70)71)52-15-13-50(47-55(52)87-57)63(21-23-77-29-31-81-37-39-85-43-41-83-35-33-79-27-25-75-5)22-24-78-30-32-82-38-40-86-44-42-84-36-34-80-28-26-76-6/h7,10-11,13-16,46-48H,8-9,12,17-45H2,1-6H3,(H-,69,70,71,72,73,74)/p+1. The summed E-state index contributed by atoms with van der Waals surface area (Å²) in [4.78, 5) is 44.1. The fraction of sp³-hybridized carbons (Fsp3) is 0.645. The molecule has 0 bridgehead atoms. The largest absolute Gasteiger partial charge is 0.460 e. The van der Waals surface area contributed by atoms with E-state index in [1.807, 2.05) is 75.1 Å². The molecule has 1 aromatic rings. The molecule has 0 aromatic heterocycles. The molecule has 4 aliphatic rings. The number of anilines is 1. The summed E-state index contributed by atoms with van der Waals surface area (Å²) < 4.78 is 144. The highest BCUT2D eigenvalue weighted by atomic mass is 32.2. The lowest BCUT2D eigenvalue weighted by Gasteiger charge is -2.30. The van der Waals surface area contributed by atoms with Crippen LogP contribution in [0.5, 0.6) is 0 Å². The number of imide groups is 1. The fourth-order valence-corrected chi connectivity index (χ4v) is 10.6. The SMILES string of the molecule is COCCOCCOCCOCCOCCOCC[N+](CCOCCOCCOCCOCCOCCOC)=c1ccc2c(/C=C/C=C3\N(CCCS(=O)(=O)O)c4ccc(S(=O)(=O)O)cc4C3(C)CCCC(=O)ON3C(=O)CCC3=O)cc(C(C)(C)C)oc-2c1. The predicted molar refractivity (Wildman–Crippen MR) is 331 cm³/mol. The fourth-order valence-electron chi connectivity index (χ4n) is 9.61. The maximum atomic E-state index is 13.0. The van der Waals surface area contributed by atoms with Crippen molar-refractivity contribution in [3.8, 4) is 11.3 Å². The number of carbonyl (C=O) groups excluding carboxylic acids is 3. The zero-order valence-corrected chi connectivity index (χ0v) is 54.7. The van der Waals surface area contributed by atoms with E-state index < -0.39 is 54.6 Å². The van der Waals surface area contributed by atoms with Gasteiger partial charge in [0.25, 0.3) is 32.1 Å². The molecule has 0 spiro atoms. The minimum Gasteiger partial charge on any atom is -0.460 e. The zero-order chi connectivity index (χ0) is 65.3. The van der Waals surface area contributed by atoms with Crippen LogP contribution in [0.1, 0.15) is 83.1 Å². The van der Waals surface area contributed by atoms with Crippen LogP contribution in [0.4, 0.5) is 5.69 Å². The topological polar surface area (TPSA) is 303 Å². The van der Waals surface area contributed by atoms with Crippen LogP contribution >= 0.6 is 0 Å². The van der Waals surface area contributed by atoms with Gasteiger partial charge in [0.05, 0.1) is 149 Å². The number of carbonyl (C=O) groups is 3. The maximum absolute atomic E-state index is 13.0. The first-order valence-corrected chi connectivity index (χ1v) is 33.4. The highest BCUT2D eigenvalue weighted by Gasteiger charge is 2.44. The van der Waals surface area contributed by atoms with Gasteiger partial charge < -0.3 is 71.0 Å². The summed E-state index contributed by atoms with van der Waals surface area (Å²) in [6, 6.07) is 12.0. The Kier molecular flexibility index (Phi) is 33.7. The minimum atomic E-state index is -4.70. The third kappa shape index (κ3) is 26.8. The van der Waals surface area contributed by atoms with E-state index in [1.165, 1.54) is 18.2 Å². The van der Waals surface area contributed by atoms with Crippen molar-refractivity contribution < 1.29 is 106 Å². The second-order valence-electron chi connectivity index (χ2n) is 22.2. The Bertz CT molecular complexity index is 2940. The van der Waals surface area contributed by atoms with Crippen molar-refractivity contribution in [3.63, 3.8) is 0 Å². The number of fused-ring (bicyclic) bond motifs is 2. The molecule has 28 heteroatoms. The molecule has 3 aliphatic heterocycles. The van der Waals surface area contributed by atoms with Crippen LogP contribution in [0.3, 0.4) is 0 Å². The van der Waals surface area contributed by atoms with Gasteiger partial charge in [0.15, 0.2) is 13.1 Å². The summed E-state index contributed by atoms with van der Waals surface area (Å²) >= 11 is 0. The third-order valence-corrected chi connectivity index (χ3v) is 16.0. The van der Waals surface area contributed by atoms with Gasteiger partial charge in [0.1, 0.15) is 24.7 Å². The molecular weight excluding hydrogens is 1220 g/mol. The number of nitrogens with zero attached hydrogens (tertiary/aromatic N) is 3. The van der Waals surface area contributed by atoms with Crippen molar-refractivity contribution in [2.75, 3.05) is 190 Å². The second kappa shape index (κ2) is 40.1. The van der Waals surface area contributed by atoms with Gasteiger partial charge in [-0.1, -0.05) is 32.9 Å². The van der Waals surface area contributed by atoms with Gasteiger partial charge in [-0.05, 0) is 73.7 Å². The normalized spacial score (nSPS) is 16.0. The zero-order valence-electron chi connectivity index (χ0n) is 53.0. The number of hydroxylamine groups is 2. The van der Waals surface area contributed by atoms with E-state index in [4.69, 9.17) is 66.1 Å². The first-order valence-electron chi connectivity index (χ1n) is 30.4. The Balaban J connectivity index is 1.35. The predicted octanol–water partition coefficient (Wildman–Crippen LogP) is 4.89. The summed E-state index contributed by atoms with van der Waals surface area (Å²) in [7, 11) is -5.82. The van der Waals surface area contributed by atoms with Gasteiger partial charge in [-0.25, -0.2) is 9.37 Å². The van der Waals surface area contributed by atoms with E-state index >= 15 is 0 Å². The van der Waals surface area contributed by atoms with Crippen molar-refractivity contribution in [2.45, 2.75) is 81.9 Å². The first-order chi connectivity index (χ1) is 43.2. The Hall–Kier alpha value is -5.12. The number of benzene rings is 2. The summed E-state index contributed by atoms with van der Waals surface area (Å²) in [6.07, 6.45) is 5.46. The van der Waals surface area contributed by atoms with Gasteiger partial charge in [-0.15, -0.1) is 5.06 Å². The van der Waals surface area contributed by atoms with Gasteiger partial charge in [-0.3, -0.25) is 18.7 Å². The van der Waals surface area contributed by atoms with Crippen molar-refractivity contribution >= 4 is 49.8 Å². The molecule has 2 amide bonds. The summed E-state index contributed by atoms with van der Waals surface area (Å²) in [5.41, 5.74) is 1.58. The molecule has 1 unspecified atom stereocenters. The summed E-state index contributed by atoms with van der Waals surface area (Å²) in [6.45, 7) is 18.7. The molecule has 1 aromatic carbocycles. The summed E-state index contributed by atoms with van der Waals surface area (Å²) in [5.74, 6) is -1.37. The average molecular weight is 1310 g/mol. The van der Waals surface area contributed by atoms with Crippen LogP contribution in [0.2, 0.25) is 0 Å². The van der Waals surface area contributed by atoms with Crippen LogP contribution in [-0.4, -0.2) is 234 Å². The number of ether oxygens (including phenoxy) is 12. The third-order valence-electron chi connectivity index (χ3n) is 14.3. The average Bonchev–Trinajstić information content (AvgIpc) is 1.57. The van der Waals surface area contributed by atoms with Crippen molar-refractivity contribution in [3.05, 3.63) is 82.6 Å². The lowest BCUT2D eigenvalue weighted by atomic mass is 9.77. The number of hydrogen-bond acceptors (Lipinski definition) is 22. The number of allylic oxidation sites excluding steroid dienone is 3. The highest BCUT2D eigenvalue weighted by Crippen LogP contribution is 2.51. The van der Waals surface area contributed by atoms with Gasteiger partial charge in [-0.2, -0.15) is 16.8 Å². The molecule has 1 aliphatic carbocycles. The van der Waals surface area contributed by atoms with Crippen LogP contribution < -0.4 is 14.8 Å². The number of amides is 2. The van der Waals surface area contributed by atoms with Crippen LogP contribution in [0.15, 0.2) is 69.6 Å². The molecule has 5 rings (SSSR count). The molecule has 506 valence electrons. The Morgan fingerprint density at radius 3 is 1.58 bits per heavy atom. The molecule has 0 saturated carbocycles. The monoisotopic (exact) mass is 1310 g/mol. The minimum absolute atomic E-state index is 0.0250. The molecule has 1 saturated heterocycles. The Morgan fingerprint density at radius 2 is 1.12 bits per heavy atom. The van der Waals surface area contributed by atoms with E-state index in [0.29, 0.717) is 192 Å². The molecule has 26 nitrogen and oxygen atoms in total. The molecule has 1 fully saturated rings. The molecule has 0 radical (unpaired) electrons. The van der Waals surface area contributed by atoms with E-state index in [-0.39, 0.29) is 50.0 Å². The maximum Gasteiger partial charge on any atom is 0.333 e. The number of rotatable bonds is 48. The lowest BCUT2D eigenvalue weighted by molar-refractivity contribution is -0.197. The highest BCUT2D eigenvalue weighted by molar-refractivity contribution is 7.86. The Labute approximate surface area is 529 Å². The number of hydrogen-bond donors (Lipinski definition) is 2. The van der Waals surface area contributed by atoms with E-state index in [9.17, 15) is 40.3 Å². The Morgan fingerprint density at radius 1 is 0.644 bits per heavy atom. The lowest BCUT2D eigenvalue weighted by Crippen LogP contribution is -2.36.